The zero-order chi connectivity index (χ0) is 21.7. The third kappa shape index (κ3) is 5.95. The second-order valence-electron chi connectivity index (χ2n) is 7.46. The Morgan fingerprint density at radius 2 is 1.73 bits per heavy atom. The van der Waals surface area contributed by atoms with Gasteiger partial charge in [0.25, 0.3) is 0 Å². The van der Waals surface area contributed by atoms with E-state index in [1.807, 2.05) is 7.05 Å². The molecule has 0 aromatic heterocycles. The van der Waals surface area contributed by atoms with Gasteiger partial charge in [-0.15, -0.1) is 0 Å². The summed E-state index contributed by atoms with van der Waals surface area (Å²) in [4.78, 5) is 15.0. The Morgan fingerprint density at radius 1 is 1.10 bits per heavy atom. The molecule has 30 heavy (non-hydrogen) atoms. The van der Waals surface area contributed by atoms with Gasteiger partial charge in [0.05, 0.1) is 11.4 Å². The summed E-state index contributed by atoms with van der Waals surface area (Å²) in [5.41, 5.74) is 0.629. The van der Waals surface area contributed by atoms with Crippen LogP contribution in [0.3, 0.4) is 0 Å². The van der Waals surface area contributed by atoms with Crippen LogP contribution >= 0.6 is 23.2 Å². The fourth-order valence-corrected chi connectivity index (χ4v) is 5.08. The van der Waals surface area contributed by atoms with E-state index < -0.39 is 10.0 Å². The van der Waals surface area contributed by atoms with Gasteiger partial charge in [0.2, 0.25) is 15.9 Å². The second-order valence-corrected chi connectivity index (χ2v) is 10.2. The molecule has 9 heteroatoms. The number of amides is 1. The predicted molar refractivity (Wildman–Crippen MR) is 119 cm³/mol. The number of piperidine rings is 1. The smallest absolute Gasteiger partial charge is 0.243 e. The van der Waals surface area contributed by atoms with Crippen molar-refractivity contribution in [3.63, 3.8) is 0 Å². The third-order valence-corrected chi connectivity index (χ3v) is 7.59. The van der Waals surface area contributed by atoms with Crippen LogP contribution < -0.4 is 5.32 Å². The number of carbonyl (C=O) groups is 1. The lowest BCUT2D eigenvalue weighted by atomic mass is 10.1. The van der Waals surface area contributed by atoms with Crippen molar-refractivity contribution < 1.29 is 13.2 Å². The number of sulfonamides is 1. The van der Waals surface area contributed by atoms with Crippen molar-refractivity contribution >= 4 is 39.1 Å². The standard InChI is InChI=1S/C21H25Cl2N3O3S/c1-25-12-10-18(11-13-25)24-21(27)15-26(14-16-4-2-3-5-20(16)23)30(28,29)19-8-6-17(22)7-9-19/h2-9,18H,10-15H2,1H3,(H,24,27). The van der Waals surface area contributed by atoms with E-state index in [0.717, 1.165) is 30.2 Å². The highest BCUT2D eigenvalue weighted by molar-refractivity contribution is 7.89. The predicted octanol–water partition coefficient (Wildman–Crippen LogP) is 3.39. The van der Waals surface area contributed by atoms with Crippen LogP contribution in [0.5, 0.6) is 0 Å². The van der Waals surface area contributed by atoms with Crippen molar-refractivity contribution in [1.82, 2.24) is 14.5 Å². The zero-order valence-electron chi connectivity index (χ0n) is 16.7. The van der Waals surface area contributed by atoms with Crippen LogP contribution in [0.25, 0.3) is 0 Å². The highest BCUT2D eigenvalue weighted by Crippen LogP contribution is 2.23. The van der Waals surface area contributed by atoms with Gasteiger partial charge in [-0.2, -0.15) is 4.31 Å². The van der Waals surface area contributed by atoms with Gasteiger partial charge >= 0.3 is 0 Å². The molecule has 162 valence electrons. The van der Waals surface area contributed by atoms with Gasteiger partial charge < -0.3 is 10.2 Å². The normalized spacial score (nSPS) is 16.0. The summed E-state index contributed by atoms with van der Waals surface area (Å²) in [5, 5.41) is 3.86. The number of benzene rings is 2. The van der Waals surface area contributed by atoms with Gasteiger partial charge in [-0.1, -0.05) is 41.4 Å². The number of hydrogen-bond acceptors (Lipinski definition) is 4. The third-order valence-electron chi connectivity index (χ3n) is 5.16. The second kappa shape index (κ2) is 10.1. The monoisotopic (exact) mass is 469 g/mol. The molecule has 0 radical (unpaired) electrons. The van der Waals surface area contributed by atoms with Crippen molar-refractivity contribution in [3.8, 4) is 0 Å². The van der Waals surface area contributed by atoms with Crippen LogP contribution in [0.2, 0.25) is 10.0 Å². The van der Waals surface area contributed by atoms with Crippen molar-refractivity contribution in [2.45, 2.75) is 30.3 Å². The molecule has 6 nitrogen and oxygen atoms in total. The largest absolute Gasteiger partial charge is 0.352 e. The Labute approximate surface area is 187 Å². The van der Waals surface area contributed by atoms with Crippen molar-refractivity contribution in [2.75, 3.05) is 26.7 Å². The topological polar surface area (TPSA) is 69.7 Å². The molecule has 0 spiro atoms. The van der Waals surface area contributed by atoms with Gasteiger partial charge in [-0.3, -0.25) is 4.79 Å². The fraction of sp³-hybridized carbons (Fsp3) is 0.381. The Hall–Kier alpha value is -1.64. The Bertz CT molecular complexity index is 975. The lowest BCUT2D eigenvalue weighted by molar-refractivity contribution is -0.122. The number of nitrogens with zero attached hydrogens (tertiary/aromatic N) is 2. The van der Waals surface area contributed by atoms with Crippen molar-refractivity contribution in [3.05, 3.63) is 64.1 Å². The van der Waals surface area contributed by atoms with Crippen LogP contribution in [0.15, 0.2) is 53.4 Å². The number of hydrogen-bond donors (Lipinski definition) is 1. The van der Waals surface area contributed by atoms with E-state index in [4.69, 9.17) is 23.2 Å². The van der Waals surface area contributed by atoms with E-state index in [0.29, 0.717) is 15.6 Å². The highest BCUT2D eigenvalue weighted by Gasteiger charge is 2.28. The lowest BCUT2D eigenvalue weighted by Gasteiger charge is -2.30. The van der Waals surface area contributed by atoms with E-state index in [1.165, 1.54) is 24.3 Å². The van der Waals surface area contributed by atoms with Crippen LogP contribution in [-0.4, -0.2) is 56.3 Å². The van der Waals surface area contributed by atoms with Crippen LogP contribution in [0.1, 0.15) is 18.4 Å². The number of likely N-dealkylation sites (tertiary alicyclic amines) is 1. The summed E-state index contributed by atoms with van der Waals surface area (Å²) in [6.07, 6.45) is 1.69. The number of rotatable bonds is 7. The maximum absolute atomic E-state index is 13.3. The molecule has 2 aromatic rings. The first-order valence-electron chi connectivity index (χ1n) is 9.73. The molecule has 2 aromatic carbocycles. The minimum atomic E-state index is -3.93. The van der Waals surface area contributed by atoms with E-state index in [9.17, 15) is 13.2 Å². The molecule has 1 heterocycles. The SMILES string of the molecule is CN1CCC(NC(=O)CN(Cc2ccccc2Cl)S(=O)(=O)c2ccc(Cl)cc2)CC1. The lowest BCUT2D eigenvalue weighted by Crippen LogP contribution is -2.47. The van der Waals surface area contributed by atoms with Crippen molar-refractivity contribution in [1.29, 1.82) is 0 Å². The molecule has 1 N–H and O–H groups in total. The number of nitrogens with one attached hydrogen (secondary N) is 1. The number of halogens is 2. The molecule has 3 rings (SSSR count). The maximum atomic E-state index is 13.3. The summed E-state index contributed by atoms with van der Waals surface area (Å²) >= 11 is 12.1. The Kier molecular flexibility index (Phi) is 7.76. The Balaban J connectivity index is 1.81. The molecule has 0 aliphatic carbocycles. The van der Waals surface area contributed by atoms with Gasteiger partial charge in [-0.05, 0) is 68.9 Å². The average molecular weight is 470 g/mol. The van der Waals surface area contributed by atoms with Gasteiger partial charge in [0.1, 0.15) is 0 Å². The van der Waals surface area contributed by atoms with Gasteiger partial charge in [-0.25, -0.2) is 8.42 Å². The number of carbonyl (C=O) groups excluding carboxylic acids is 1. The average Bonchev–Trinajstić information content (AvgIpc) is 2.71. The summed E-state index contributed by atoms with van der Waals surface area (Å²) in [5.74, 6) is -0.325. The van der Waals surface area contributed by atoms with E-state index in [2.05, 4.69) is 10.2 Å². The maximum Gasteiger partial charge on any atom is 0.243 e. The first-order chi connectivity index (χ1) is 14.3. The molecule has 0 unspecified atom stereocenters. The molecule has 0 saturated carbocycles. The summed E-state index contributed by atoms with van der Waals surface area (Å²) < 4.78 is 27.7. The molecule has 1 fully saturated rings. The van der Waals surface area contributed by atoms with Crippen molar-refractivity contribution in [2.24, 2.45) is 0 Å². The van der Waals surface area contributed by atoms with Crippen LogP contribution in [-0.2, 0) is 21.4 Å². The molecule has 1 amide bonds. The van der Waals surface area contributed by atoms with E-state index >= 15 is 0 Å². The molecule has 0 bridgehead atoms. The summed E-state index contributed by atoms with van der Waals surface area (Å²) in [7, 11) is -1.89. The summed E-state index contributed by atoms with van der Waals surface area (Å²) in [6, 6.07) is 13.0. The summed E-state index contributed by atoms with van der Waals surface area (Å²) in [6.45, 7) is 1.50. The molecular formula is C21H25Cl2N3O3S. The minimum absolute atomic E-state index is 0.00847. The fourth-order valence-electron chi connectivity index (χ4n) is 3.38. The zero-order valence-corrected chi connectivity index (χ0v) is 19.1. The molecule has 1 aliphatic rings. The highest BCUT2D eigenvalue weighted by atomic mass is 35.5. The van der Waals surface area contributed by atoms with Gasteiger partial charge in [0.15, 0.2) is 0 Å². The molecular weight excluding hydrogens is 445 g/mol. The Morgan fingerprint density at radius 3 is 2.37 bits per heavy atom. The molecule has 1 saturated heterocycles. The minimum Gasteiger partial charge on any atom is -0.352 e. The quantitative estimate of drug-likeness (QED) is 0.674. The van der Waals surface area contributed by atoms with Crippen LogP contribution in [0, 0.1) is 0 Å². The van der Waals surface area contributed by atoms with Gasteiger partial charge in [0, 0.05) is 22.6 Å². The first-order valence-corrected chi connectivity index (χ1v) is 11.9. The molecule has 1 aliphatic heterocycles. The van der Waals surface area contributed by atoms with E-state index in [1.54, 1.807) is 24.3 Å². The van der Waals surface area contributed by atoms with Crippen LogP contribution in [0.4, 0.5) is 0 Å². The molecule has 0 atom stereocenters. The van der Waals surface area contributed by atoms with E-state index in [-0.39, 0.29) is 29.9 Å². The first kappa shape index (κ1) is 23.0.